The summed E-state index contributed by atoms with van der Waals surface area (Å²) in [5.41, 5.74) is 0.338. The van der Waals surface area contributed by atoms with Crippen LogP contribution in [0.4, 0.5) is 0 Å². The summed E-state index contributed by atoms with van der Waals surface area (Å²) in [5.74, 6) is -1.49. The number of methoxy groups -OCH3 is 1. The normalized spacial score (nSPS) is 18.6. The number of carbonyl (C=O) groups is 3. The standard InChI is InChI=1S/C10H9BrN2O4/c1-17-8(14)4-6-10(16)12-9(15)5-2-3-7(11)13(5)6/h2-3,6H,4H2,1H3,(H,12,15,16)/t6-/m0/s1. The minimum atomic E-state index is -0.764. The fourth-order valence-corrected chi connectivity index (χ4v) is 2.30. The Morgan fingerprint density at radius 1 is 1.53 bits per heavy atom. The maximum Gasteiger partial charge on any atom is 0.308 e. The molecule has 6 nitrogen and oxygen atoms in total. The number of halogens is 1. The molecule has 2 rings (SSSR count). The minimum absolute atomic E-state index is 0.115. The third-order valence-corrected chi connectivity index (χ3v) is 3.19. The Balaban J connectivity index is 2.41. The zero-order valence-corrected chi connectivity index (χ0v) is 10.5. The lowest BCUT2D eigenvalue weighted by atomic mass is 10.1. The summed E-state index contributed by atoms with van der Waals surface area (Å²) >= 11 is 3.24. The lowest BCUT2D eigenvalue weighted by Crippen LogP contribution is -2.44. The molecular formula is C10H9BrN2O4. The van der Waals surface area contributed by atoms with Crippen molar-refractivity contribution >= 4 is 33.7 Å². The molecule has 0 fully saturated rings. The number of amides is 2. The molecule has 2 heterocycles. The highest BCUT2D eigenvalue weighted by Crippen LogP contribution is 2.27. The maximum absolute atomic E-state index is 11.7. The second-order valence-electron chi connectivity index (χ2n) is 3.53. The molecule has 0 aromatic carbocycles. The molecule has 17 heavy (non-hydrogen) atoms. The van der Waals surface area contributed by atoms with Crippen molar-refractivity contribution in [3.63, 3.8) is 0 Å². The second kappa shape index (κ2) is 4.33. The van der Waals surface area contributed by atoms with Gasteiger partial charge in [-0.2, -0.15) is 0 Å². The van der Waals surface area contributed by atoms with Gasteiger partial charge in [-0.1, -0.05) is 0 Å². The van der Waals surface area contributed by atoms with Crippen LogP contribution in [0.25, 0.3) is 0 Å². The SMILES string of the molecule is COC(=O)C[C@H]1C(=O)NC(=O)c2ccc(Br)n21. The van der Waals surface area contributed by atoms with Crippen molar-refractivity contribution in [2.24, 2.45) is 0 Å². The smallest absolute Gasteiger partial charge is 0.308 e. The highest BCUT2D eigenvalue weighted by Gasteiger charge is 2.34. The van der Waals surface area contributed by atoms with Crippen LogP contribution in [0, 0.1) is 0 Å². The molecule has 90 valence electrons. The molecule has 2 amide bonds. The van der Waals surface area contributed by atoms with Gasteiger partial charge in [-0.25, -0.2) is 0 Å². The van der Waals surface area contributed by atoms with Gasteiger partial charge >= 0.3 is 5.97 Å². The number of hydrogen-bond acceptors (Lipinski definition) is 4. The van der Waals surface area contributed by atoms with Crippen LogP contribution < -0.4 is 5.32 Å². The van der Waals surface area contributed by atoms with E-state index in [1.807, 2.05) is 0 Å². The Bertz CT molecular complexity index is 508. The first-order valence-corrected chi connectivity index (χ1v) is 5.62. The van der Waals surface area contributed by atoms with Crippen LogP contribution in [0.1, 0.15) is 23.0 Å². The van der Waals surface area contributed by atoms with Crippen LogP contribution in [0.2, 0.25) is 0 Å². The molecule has 1 aromatic heterocycles. The van der Waals surface area contributed by atoms with Crippen molar-refractivity contribution in [3.8, 4) is 0 Å². The number of hydrogen-bond donors (Lipinski definition) is 1. The summed E-state index contributed by atoms with van der Waals surface area (Å²) in [6.07, 6.45) is -0.115. The van der Waals surface area contributed by atoms with Crippen LogP contribution in [0.15, 0.2) is 16.7 Å². The molecule has 0 aliphatic carbocycles. The van der Waals surface area contributed by atoms with Gasteiger partial charge in [0.05, 0.1) is 18.1 Å². The van der Waals surface area contributed by atoms with Crippen molar-refractivity contribution in [1.29, 1.82) is 0 Å². The highest BCUT2D eigenvalue weighted by molar-refractivity contribution is 9.10. The third kappa shape index (κ3) is 1.97. The van der Waals surface area contributed by atoms with E-state index in [-0.39, 0.29) is 6.42 Å². The van der Waals surface area contributed by atoms with E-state index in [0.717, 1.165) is 0 Å². The van der Waals surface area contributed by atoms with E-state index in [1.54, 1.807) is 12.1 Å². The molecule has 0 bridgehead atoms. The lowest BCUT2D eigenvalue weighted by Gasteiger charge is -2.24. The molecular weight excluding hydrogens is 292 g/mol. The number of nitrogens with one attached hydrogen (secondary N) is 1. The summed E-state index contributed by atoms with van der Waals surface area (Å²) < 4.78 is 6.59. The van der Waals surface area contributed by atoms with Gasteiger partial charge < -0.3 is 9.30 Å². The number of fused-ring (bicyclic) bond motifs is 1. The molecule has 7 heteroatoms. The molecule has 1 atom stereocenters. The predicted molar refractivity (Wildman–Crippen MR) is 60.3 cm³/mol. The van der Waals surface area contributed by atoms with Crippen molar-refractivity contribution in [2.45, 2.75) is 12.5 Å². The van der Waals surface area contributed by atoms with Crippen LogP contribution in [0.5, 0.6) is 0 Å². The van der Waals surface area contributed by atoms with Crippen LogP contribution in [-0.4, -0.2) is 29.5 Å². The summed E-state index contributed by atoms with van der Waals surface area (Å²) in [5, 5.41) is 2.20. The van der Waals surface area contributed by atoms with Gasteiger partial charge in [0, 0.05) is 0 Å². The van der Waals surface area contributed by atoms with Crippen molar-refractivity contribution in [1.82, 2.24) is 9.88 Å². The zero-order valence-electron chi connectivity index (χ0n) is 8.90. The largest absolute Gasteiger partial charge is 0.469 e. The average Bonchev–Trinajstić information content (AvgIpc) is 2.67. The molecule has 0 saturated carbocycles. The first kappa shape index (κ1) is 11.8. The van der Waals surface area contributed by atoms with E-state index in [4.69, 9.17) is 0 Å². The highest BCUT2D eigenvalue weighted by atomic mass is 79.9. The Labute approximate surface area is 105 Å². The van der Waals surface area contributed by atoms with Crippen molar-refractivity contribution in [2.75, 3.05) is 7.11 Å². The second-order valence-corrected chi connectivity index (χ2v) is 4.34. The molecule has 0 radical (unpaired) electrons. The van der Waals surface area contributed by atoms with Crippen LogP contribution in [0.3, 0.4) is 0 Å². The Kier molecular flexibility index (Phi) is 3.01. The fourth-order valence-electron chi connectivity index (χ4n) is 1.73. The van der Waals surface area contributed by atoms with Gasteiger partial charge in [-0.15, -0.1) is 0 Å². The number of ether oxygens (including phenoxy) is 1. The van der Waals surface area contributed by atoms with Gasteiger partial charge in [0.2, 0.25) is 0 Å². The topological polar surface area (TPSA) is 77.4 Å². The van der Waals surface area contributed by atoms with E-state index in [1.165, 1.54) is 11.7 Å². The van der Waals surface area contributed by atoms with Gasteiger partial charge in [0.1, 0.15) is 11.7 Å². The summed E-state index contributed by atoms with van der Waals surface area (Å²) in [6.45, 7) is 0. The molecule has 1 aromatic rings. The first-order valence-electron chi connectivity index (χ1n) is 4.83. The first-order chi connectivity index (χ1) is 8.04. The number of rotatable bonds is 2. The van der Waals surface area contributed by atoms with Gasteiger partial charge in [-0.05, 0) is 28.1 Å². The maximum atomic E-state index is 11.7. The van der Waals surface area contributed by atoms with E-state index in [0.29, 0.717) is 10.3 Å². The Morgan fingerprint density at radius 2 is 2.24 bits per heavy atom. The fraction of sp³-hybridized carbons (Fsp3) is 0.300. The van der Waals surface area contributed by atoms with Crippen molar-refractivity contribution < 1.29 is 19.1 Å². The molecule has 0 spiro atoms. The minimum Gasteiger partial charge on any atom is -0.469 e. The summed E-state index contributed by atoms with van der Waals surface area (Å²) in [7, 11) is 1.25. The number of esters is 1. The molecule has 0 saturated heterocycles. The predicted octanol–water partition coefficient (Wildman–Crippen LogP) is 0.625. The quantitative estimate of drug-likeness (QED) is 0.642. The van der Waals surface area contributed by atoms with Gasteiger partial charge in [0.25, 0.3) is 11.8 Å². The monoisotopic (exact) mass is 300 g/mol. The average molecular weight is 301 g/mol. The molecule has 0 unspecified atom stereocenters. The summed E-state index contributed by atoms with van der Waals surface area (Å²) in [4.78, 5) is 34.4. The van der Waals surface area contributed by atoms with E-state index >= 15 is 0 Å². The van der Waals surface area contributed by atoms with Crippen LogP contribution >= 0.6 is 15.9 Å². The lowest BCUT2D eigenvalue weighted by molar-refractivity contribution is -0.143. The molecule has 1 aliphatic heterocycles. The number of carbonyl (C=O) groups excluding carboxylic acids is 3. The van der Waals surface area contributed by atoms with Gasteiger partial charge in [0.15, 0.2) is 0 Å². The number of nitrogens with zero attached hydrogens (tertiary/aromatic N) is 1. The van der Waals surface area contributed by atoms with Gasteiger partial charge in [-0.3, -0.25) is 19.7 Å². The Morgan fingerprint density at radius 3 is 2.88 bits per heavy atom. The third-order valence-electron chi connectivity index (χ3n) is 2.54. The zero-order chi connectivity index (χ0) is 12.6. The van der Waals surface area contributed by atoms with Crippen LogP contribution in [-0.2, 0) is 14.3 Å². The van der Waals surface area contributed by atoms with E-state index in [2.05, 4.69) is 26.0 Å². The van der Waals surface area contributed by atoms with Crippen molar-refractivity contribution in [3.05, 3.63) is 22.4 Å². The summed E-state index contributed by atoms with van der Waals surface area (Å²) in [6, 6.07) is 2.47. The van der Waals surface area contributed by atoms with E-state index < -0.39 is 23.8 Å². The number of imide groups is 1. The molecule has 1 aliphatic rings. The van der Waals surface area contributed by atoms with E-state index in [9.17, 15) is 14.4 Å². The number of aromatic nitrogens is 1. The Hall–Kier alpha value is -1.63. The molecule has 1 N–H and O–H groups in total.